The fourth-order valence-electron chi connectivity index (χ4n) is 1.93. The molecule has 0 radical (unpaired) electrons. The molecule has 1 saturated carbocycles. The lowest BCUT2D eigenvalue weighted by Crippen LogP contribution is -2.38. The Bertz CT molecular complexity index is 201. The standard InChI is InChI=1S/C10H18N2O/c1-2-3-9-11-6-10(13)12(9)7-8-4-5-8/h8-9,11H,2-7H2,1H3. The number of carbonyl (C=O) groups is 1. The quantitative estimate of drug-likeness (QED) is 0.702. The van der Waals surface area contributed by atoms with E-state index in [4.69, 9.17) is 0 Å². The lowest BCUT2D eigenvalue weighted by Gasteiger charge is -2.23. The molecule has 0 aromatic heterocycles. The van der Waals surface area contributed by atoms with Crippen molar-refractivity contribution in [3.05, 3.63) is 0 Å². The summed E-state index contributed by atoms with van der Waals surface area (Å²) in [7, 11) is 0. The Kier molecular flexibility index (Phi) is 2.54. The Morgan fingerprint density at radius 3 is 2.92 bits per heavy atom. The van der Waals surface area contributed by atoms with Crippen molar-refractivity contribution in [3.8, 4) is 0 Å². The van der Waals surface area contributed by atoms with E-state index >= 15 is 0 Å². The average Bonchev–Trinajstić information content (AvgIpc) is 2.86. The molecule has 1 amide bonds. The van der Waals surface area contributed by atoms with E-state index in [0.717, 1.165) is 25.3 Å². The van der Waals surface area contributed by atoms with Crippen molar-refractivity contribution in [1.29, 1.82) is 0 Å². The minimum absolute atomic E-state index is 0.297. The van der Waals surface area contributed by atoms with E-state index in [0.29, 0.717) is 18.6 Å². The van der Waals surface area contributed by atoms with Gasteiger partial charge in [-0.3, -0.25) is 10.1 Å². The van der Waals surface area contributed by atoms with Gasteiger partial charge in [-0.2, -0.15) is 0 Å². The molecule has 74 valence electrons. The van der Waals surface area contributed by atoms with Gasteiger partial charge in [0.25, 0.3) is 0 Å². The second-order valence-corrected chi connectivity index (χ2v) is 4.17. The number of carbonyl (C=O) groups excluding carboxylic acids is 1. The third kappa shape index (κ3) is 2.02. The average molecular weight is 182 g/mol. The first-order chi connectivity index (χ1) is 6.31. The lowest BCUT2D eigenvalue weighted by molar-refractivity contribution is -0.128. The molecular formula is C10H18N2O. The zero-order valence-corrected chi connectivity index (χ0v) is 8.25. The van der Waals surface area contributed by atoms with Crippen LogP contribution in [0.2, 0.25) is 0 Å². The van der Waals surface area contributed by atoms with E-state index in [1.54, 1.807) is 0 Å². The van der Waals surface area contributed by atoms with Gasteiger partial charge in [0.15, 0.2) is 0 Å². The smallest absolute Gasteiger partial charge is 0.237 e. The maximum atomic E-state index is 11.5. The molecule has 1 unspecified atom stereocenters. The van der Waals surface area contributed by atoms with E-state index < -0.39 is 0 Å². The van der Waals surface area contributed by atoms with E-state index in [9.17, 15) is 4.79 Å². The van der Waals surface area contributed by atoms with Crippen molar-refractivity contribution in [2.24, 2.45) is 5.92 Å². The van der Waals surface area contributed by atoms with E-state index in [-0.39, 0.29) is 0 Å². The summed E-state index contributed by atoms with van der Waals surface area (Å²) in [4.78, 5) is 13.5. The molecule has 2 aliphatic rings. The molecule has 1 aliphatic heterocycles. The summed E-state index contributed by atoms with van der Waals surface area (Å²) in [6.07, 6.45) is 5.22. The predicted octanol–water partition coefficient (Wildman–Crippen LogP) is 0.954. The highest BCUT2D eigenvalue weighted by atomic mass is 16.2. The van der Waals surface area contributed by atoms with Gasteiger partial charge in [-0.15, -0.1) is 0 Å². The molecule has 13 heavy (non-hydrogen) atoms. The minimum Gasteiger partial charge on any atom is -0.326 e. The molecule has 1 aliphatic carbocycles. The molecule has 1 N–H and O–H groups in total. The first-order valence-electron chi connectivity index (χ1n) is 5.34. The molecule has 2 rings (SSSR count). The van der Waals surface area contributed by atoms with Crippen LogP contribution in [-0.4, -0.2) is 30.1 Å². The van der Waals surface area contributed by atoms with Gasteiger partial charge in [0, 0.05) is 6.54 Å². The molecule has 0 aromatic rings. The highest BCUT2D eigenvalue weighted by Gasteiger charge is 2.34. The molecule has 2 fully saturated rings. The van der Waals surface area contributed by atoms with Crippen LogP contribution >= 0.6 is 0 Å². The van der Waals surface area contributed by atoms with Crippen molar-refractivity contribution < 1.29 is 4.79 Å². The van der Waals surface area contributed by atoms with Crippen LogP contribution in [0.4, 0.5) is 0 Å². The van der Waals surface area contributed by atoms with E-state index in [2.05, 4.69) is 12.2 Å². The molecule has 3 heteroatoms. The zero-order chi connectivity index (χ0) is 9.26. The van der Waals surface area contributed by atoms with Crippen molar-refractivity contribution in [2.75, 3.05) is 13.1 Å². The summed E-state index contributed by atoms with van der Waals surface area (Å²) in [5.41, 5.74) is 0. The third-order valence-corrected chi connectivity index (χ3v) is 2.90. The number of hydrogen-bond donors (Lipinski definition) is 1. The monoisotopic (exact) mass is 182 g/mol. The highest BCUT2D eigenvalue weighted by molar-refractivity contribution is 5.80. The Morgan fingerprint density at radius 1 is 1.54 bits per heavy atom. The highest BCUT2D eigenvalue weighted by Crippen LogP contribution is 2.31. The van der Waals surface area contributed by atoms with Crippen LogP contribution in [0.15, 0.2) is 0 Å². The summed E-state index contributed by atoms with van der Waals surface area (Å²) in [6, 6.07) is 0. The van der Waals surface area contributed by atoms with Crippen molar-refractivity contribution in [3.63, 3.8) is 0 Å². The molecule has 0 aromatic carbocycles. The van der Waals surface area contributed by atoms with Gasteiger partial charge >= 0.3 is 0 Å². The molecule has 1 atom stereocenters. The fourth-order valence-corrected chi connectivity index (χ4v) is 1.93. The van der Waals surface area contributed by atoms with Crippen LogP contribution in [0, 0.1) is 5.92 Å². The second-order valence-electron chi connectivity index (χ2n) is 4.17. The topological polar surface area (TPSA) is 32.3 Å². The maximum absolute atomic E-state index is 11.5. The Morgan fingerprint density at radius 2 is 2.31 bits per heavy atom. The van der Waals surface area contributed by atoms with Gasteiger partial charge < -0.3 is 4.90 Å². The molecule has 1 heterocycles. The number of rotatable bonds is 4. The molecule has 0 spiro atoms. The van der Waals surface area contributed by atoms with Gasteiger partial charge in [-0.05, 0) is 25.2 Å². The first kappa shape index (κ1) is 9.00. The van der Waals surface area contributed by atoms with E-state index in [1.165, 1.54) is 12.8 Å². The van der Waals surface area contributed by atoms with Gasteiger partial charge in [-0.1, -0.05) is 13.3 Å². The number of nitrogens with zero attached hydrogens (tertiary/aromatic N) is 1. The Labute approximate surface area is 79.5 Å². The van der Waals surface area contributed by atoms with Crippen LogP contribution in [0.25, 0.3) is 0 Å². The van der Waals surface area contributed by atoms with Gasteiger partial charge in [0.2, 0.25) is 5.91 Å². The van der Waals surface area contributed by atoms with Gasteiger partial charge in [-0.25, -0.2) is 0 Å². The SMILES string of the molecule is CCCC1NCC(=O)N1CC1CC1. The van der Waals surface area contributed by atoms with Gasteiger partial charge in [0.1, 0.15) is 0 Å². The minimum atomic E-state index is 0.297. The summed E-state index contributed by atoms with van der Waals surface area (Å²) in [5.74, 6) is 1.11. The third-order valence-electron chi connectivity index (χ3n) is 2.90. The van der Waals surface area contributed by atoms with Crippen LogP contribution in [-0.2, 0) is 4.79 Å². The Hall–Kier alpha value is -0.570. The maximum Gasteiger partial charge on any atom is 0.237 e. The molecule has 0 bridgehead atoms. The first-order valence-corrected chi connectivity index (χ1v) is 5.34. The van der Waals surface area contributed by atoms with Crippen LogP contribution in [0.3, 0.4) is 0 Å². The van der Waals surface area contributed by atoms with Crippen LogP contribution in [0.1, 0.15) is 32.6 Å². The molecule has 3 nitrogen and oxygen atoms in total. The predicted molar refractivity (Wildman–Crippen MR) is 51.1 cm³/mol. The van der Waals surface area contributed by atoms with Gasteiger partial charge in [0.05, 0.1) is 12.7 Å². The number of nitrogens with one attached hydrogen (secondary N) is 1. The summed E-state index contributed by atoms with van der Waals surface area (Å²) in [6.45, 7) is 3.72. The summed E-state index contributed by atoms with van der Waals surface area (Å²) < 4.78 is 0. The summed E-state index contributed by atoms with van der Waals surface area (Å²) >= 11 is 0. The zero-order valence-electron chi connectivity index (χ0n) is 8.25. The number of hydrogen-bond acceptors (Lipinski definition) is 2. The lowest BCUT2D eigenvalue weighted by atomic mass is 10.2. The van der Waals surface area contributed by atoms with Crippen molar-refractivity contribution in [2.45, 2.75) is 38.8 Å². The van der Waals surface area contributed by atoms with E-state index in [1.807, 2.05) is 4.90 Å². The summed E-state index contributed by atoms with van der Waals surface area (Å²) in [5, 5.41) is 3.27. The van der Waals surface area contributed by atoms with Crippen molar-refractivity contribution in [1.82, 2.24) is 10.2 Å². The second kappa shape index (κ2) is 3.66. The number of amides is 1. The van der Waals surface area contributed by atoms with Crippen LogP contribution < -0.4 is 5.32 Å². The molecule has 1 saturated heterocycles. The Balaban J connectivity index is 1.89. The van der Waals surface area contributed by atoms with Crippen molar-refractivity contribution >= 4 is 5.91 Å². The largest absolute Gasteiger partial charge is 0.326 e. The fraction of sp³-hybridized carbons (Fsp3) is 0.900. The van der Waals surface area contributed by atoms with Crippen LogP contribution in [0.5, 0.6) is 0 Å². The molecular weight excluding hydrogens is 164 g/mol. The normalized spacial score (nSPS) is 28.5.